The number of hydrogen-bond donors (Lipinski definition) is 2. The van der Waals surface area contributed by atoms with Crippen LogP contribution in [0.5, 0.6) is 5.75 Å². The van der Waals surface area contributed by atoms with E-state index < -0.39 is 0 Å². The van der Waals surface area contributed by atoms with Gasteiger partial charge in [0.1, 0.15) is 5.75 Å². The summed E-state index contributed by atoms with van der Waals surface area (Å²) >= 11 is 0. The summed E-state index contributed by atoms with van der Waals surface area (Å²) in [5.74, 6) is 0.754. The molecule has 0 saturated heterocycles. The number of carbonyl (C=O) groups is 1. The molecule has 104 valence electrons. The van der Waals surface area contributed by atoms with E-state index in [1.807, 2.05) is 43.3 Å². The Bertz CT molecular complexity index is 582. The Balaban J connectivity index is 1.90. The monoisotopic (exact) mass is 271 g/mol. The Morgan fingerprint density at radius 3 is 2.75 bits per heavy atom. The van der Waals surface area contributed by atoms with Crippen LogP contribution in [0.4, 0.5) is 10.5 Å². The van der Waals surface area contributed by atoms with E-state index in [4.69, 9.17) is 4.74 Å². The molecule has 0 saturated carbocycles. The fourth-order valence-electron chi connectivity index (χ4n) is 1.74. The fourth-order valence-corrected chi connectivity index (χ4v) is 1.74. The summed E-state index contributed by atoms with van der Waals surface area (Å²) in [7, 11) is 1.61. The van der Waals surface area contributed by atoms with Crippen LogP contribution in [-0.2, 0) is 6.54 Å². The highest BCUT2D eigenvalue weighted by molar-refractivity contribution is 5.88. The predicted octanol–water partition coefficient (Wildman–Crippen LogP) is 2.72. The van der Waals surface area contributed by atoms with Crippen molar-refractivity contribution in [3.63, 3.8) is 0 Å². The first kappa shape index (κ1) is 13.9. The quantitative estimate of drug-likeness (QED) is 0.898. The van der Waals surface area contributed by atoms with Crippen molar-refractivity contribution in [3.05, 3.63) is 53.9 Å². The second-order valence-corrected chi connectivity index (χ2v) is 4.31. The first-order valence-electron chi connectivity index (χ1n) is 6.28. The number of nitrogens with zero attached hydrogens (tertiary/aromatic N) is 1. The third-order valence-electron chi connectivity index (χ3n) is 2.80. The van der Waals surface area contributed by atoms with E-state index in [-0.39, 0.29) is 6.03 Å². The van der Waals surface area contributed by atoms with Crippen LogP contribution >= 0.6 is 0 Å². The number of carbonyl (C=O) groups excluding carboxylic acids is 1. The Morgan fingerprint density at radius 1 is 1.25 bits per heavy atom. The Hall–Kier alpha value is -2.56. The summed E-state index contributed by atoms with van der Waals surface area (Å²) in [6.45, 7) is 2.29. The van der Waals surface area contributed by atoms with Gasteiger partial charge in [-0.05, 0) is 25.1 Å². The second kappa shape index (κ2) is 6.56. The number of nitrogens with one attached hydrogen (secondary N) is 2. The summed E-state index contributed by atoms with van der Waals surface area (Å²) in [4.78, 5) is 15.9. The highest BCUT2D eigenvalue weighted by atomic mass is 16.5. The van der Waals surface area contributed by atoms with Gasteiger partial charge in [0, 0.05) is 17.8 Å². The van der Waals surface area contributed by atoms with E-state index in [0.29, 0.717) is 12.2 Å². The lowest BCUT2D eigenvalue weighted by atomic mass is 10.2. The minimum absolute atomic E-state index is 0.276. The number of hydrogen-bond acceptors (Lipinski definition) is 3. The minimum Gasteiger partial charge on any atom is -0.496 e. The lowest BCUT2D eigenvalue weighted by Crippen LogP contribution is -2.28. The number of pyridine rings is 1. The molecule has 0 aliphatic rings. The molecule has 1 aromatic heterocycles. The van der Waals surface area contributed by atoms with Crippen LogP contribution in [0.3, 0.4) is 0 Å². The molecule has 5 nitrogen and oxygen atoms in total. The van der Waals surface area contributed by atoms with Gasteiger partial charge in [0.2, 0.25) is 0 Å². The van der Waals surface area contributed by atoms with Crippen LogP contribution in [0.25, 0.3) is 0 Å². The van der Waals surface area contributed by atoms with Crippen molar-refractivity contribution in [2.75, 3.05) is 12.4 Å². The SMILES string of the molecule is COc1ccccc1CNC(=O)Nc1ccc(C)nc1. The van der Waals surface area contributed by atoms with E-state index >= 15 is 0 Å². The number of benzene rings is 1. The van der Waals surface area contributed by atoms with Crippen LogP contribution in [0.1, 0.15) is 11.3 Å². The van der Waals surface area contributed by atoms with Crippen molar-refractivity contribution in [2.24, 2.45) is 0 Å². The van der Waals surface area contributed by atoms with E-state index in [9.17, 15) is 4.79 Å². The predicted molar refractivity (Wildman–Crippen MR) is 77.8 cm³/mol. The van der Waals surface area contributed by atoms with Crippen molar-refractivity contribution >= 4 is 11.7 Å². The Kier molecular flexibility index (Phi) is 4.55. The van der Waals surface area contributed by atoms with Crippen LogP contribution < -0.4 is 15.4 Å². The summed E-state index contributed by atoms with van der Waals surface area (Å²) in [5.41, 5.74) is 2.49. The van der Waals surface area contributed by atoms with Gasteiger partial charge in [0.25, 0.3) is 0 Å². The lowest BCUT2D eigenvalue weighted by Gasteiger charge is -2.10. The average molecular weight is 271 g/mol. The van der Waals surface area contributed by atoms with Gasteiger partial charge in [-0.1, -0.05) is 18.2 Å². The molecular formula is C15H17N3O2. The van der Waals surface area contributed by atoms with E-state index in [1.54, 1.807) is 13.3 Å². The van der Waals surface area contributed by atoms with Gasteiger partial charge in [-0.25, -0.2) is 4.79 Å². The third kappa shape index (κ3) is 3.71. The maximum Gasteiger partial charge on any atom is 0.319 e. The third-order valence-corrected chi connectivity index (χ3v) is 2.80. The summed E-state index contributed by atoms with van der Waals surface area (Å²) in [6, 6.07) is 10.9. The fraction of sp³-hybridized carbons (Fsp3) is 0.200. The molecule has 2 N–H and O–H groups in total. The zero-order valence-corrected chi connectivity index (χ0v) is 11.5. The molecule has 0 radical (unpaired) electrons. The number of urea groups is 1. The molecule has 1 heterocycles. The number of anilines is 1. The van der Waals surface area contributed by atoms with Gasteiger partial charge in [-0.2, -0.15) is 0 Å². The minimum atomic E-state index is -0.276. The van der Waals surface area contributed by atoms with Gasteiger partial charge in [-0.15, -0.1) is 0 Å². The zero-order valence-electron chi connectivity index (χ0n) is 11.5. The molecular weight excluding hydrogens is 254 g/mol. The second-order valence-electron chi connectivity index (χ2n) is 4.31. The number of aryl methyl sites for hydroxylation is 1. The van der Waals surface area contributed by atoms with Crippen molar-refractivity contribution < 1.29 is 9.53 Å². The average Bonchev–Trinajstić information content (AvgIpc) is 2.48. The lowest BCUT2D eigenvalue weighted by molar-refractivity contribution is 0.251. The normalized spacial score (nSPS) is 9.90. The molecule has 2 amide bonds. The zero-order chi connectivity index (χ0) is 14.4. The highest BCUT2D eigenvalue weighted by Gasteiger charge is 2.05. The van der Waals surface area contributed by atoms with Crippen molar-refractivity contribution in [1.29, 1.82) is 0 Å². The highest BCUT2D eigenvalue weighted by Crippen LogP contribution is 2.16. The van der Waals surface area contributed by atoms with Crippen LogP contribution in [-0.4, -0.2) is 18.1 Å². The van der Waals surface area contributed by atoms with E-state index in [0.717, 1.165) is 17.0 Å². The topological polar surface area (TPSA) is 63.2 Å². The molecule has 0 aliphatic heterocycles. The number of para-hydroxylation sites is 1. The van der Waals surface area contributed by atoms with Gasteiger partial charge in [0.15, 0.2) is 0 Å². The van der Waals surface area contributed by atoms with E-state index in [2.05, 4.69) is 15.6 Å². The number of amides is 2. The molecule has 0 unspecified atom stereocenters. The maximum absolute atomic E-state index is 11.8. The molecule has 0 spiro atoms. The summed E-state index contributed by atoms with van der Waals surface area (Å²) in [5, 5.41) is 5.50. The molecule has 2 rings (SSSR count). The Morgan fingerprint density at radius 2 is 2.05 bits per heavy atom. The van der Waals surface area contributed by atoms with Crippen molar-refractivity contribution in [1.82, 2.24) is 10.3 Å². The molecule has 0 atom stereocenters. The molecule has 0 bridgehead atoms. The van der Waals surface area contributed by atoms with Crippen LogP contribution in [0, 0.1) is 6.92 Å². The Labute approximate surface area is 118 Å². The molecule has 1 aromatic carbocycles. The number of methoxy groups -OCH3 is 1. The standard InChI is InChI=1S/C15H17N3O2/c1-11-7-8-13(10-16-11)18-15(19)17-9-12-5-3-4-6-14(12)20-2/h3-8,10H,9H2,1-2H3,(H2,17,18,19). The van der Waals surface area contributed by atoms with Crippen LogP contribution in [0.15, 0.2) is 42.6 Å². The van der Waals surface area contributed by atoms with Gasteiger partial charge in [0.05, 0.1) is 19.0 Å². The molecule has 2 aromatic rings. The van der Waals surface area contributed by atoms with Crippen LogP contribution in [0.2, 0.25) is 0 Å². The number of ether oxygens (including phenoxy) is 1. The first-order chi connectivity index (χ1) is 9.69. The first-order valence-corrected chi connectivity index (χ1v) is 6.28. The summed E-state index contributed by atoms with van der Waals surface area (Å²) in [6.07, 6.45) is 1.62. The van der Waals surface area contributed by atoms with Gasteiger partial charge in [-0.3, -0.25) is 4.98 Å². The van der Waals surface area contributed by atoms with Gasteiger partial charge >= 0.3 is 6.03 Å². The maximum atomic E-state index is 11.8. The van der Waals surface area contributed by atoms with Gasteiger partial charge < -0.3 is 15.4 Å². The molecule has 20 heavy (non-hydrogen) atoms. The number of rotatable bonds is 4. The largest absolute Gasteiger partial charge is 0.496 e. The van der Waals surface area contributed by atoms with Crippen molar-refractivity contribution in [3.8, 4) is 5.75 Å². The van der Waals surface area contributed by atoms with Crippen molar-refractivity contribution in [2.45, 2.75) is 13.5 Å². The smallest absolute Gasteiger partial charge is 0.319 e. The number of aromatic nitrogens is 1. The molecule has 0 aliphatic carbocycles. The molecule has 0 fully saturated rings. The van der Waals surface area contributed by atoms with E-state index in [1.165, 1.54) is 0 Å². The summed E-state index contributed by atoms with van der Waals surface area (Å²) < 4.78 is 5.23. The molecule has 5 heteroatoms.